The number of aromatic amines is 1. The molecule has 1 aliphatic rings. The van der Waals surface area contributed by atoms with Gasteiger partial charge in [0.15, 0.2) is 0 Å². The van der Waals surface area contributed by atoms with E-state index in [1.165, 1.54) is 0 Å². The minimum Gasteiger partial charge on any atom is -0.369 e. The summed E-state index contributed by atoms with van der Waals surface area (Å²) in [5.74, 6) is 0.895. The summed E-state index contributed by atoms with van der Waals surface area (Å²) in [6.07, 6.45) is 0. The Morgan fingerprint density at radius 1 is 0.963 bits per heavy atom. The van der Waals surface area contributed by atoms with Crippen LogP contribution < -0.4 is 4.90 Å². The summed E-state index contributed by atoms with van der Waals surface area (Å²) in [5, 5.41) is 0. The smallest absolute Gasteiger partial charge is 0.243 e. The Morgan fingerprint density at radius 2 is 1.70 bits per heavy atom. The number of H-pyrrole nitrogens is 1. The number of imidazole rings is 1. The first-order valence-electron chi connectivity index (χ1n) is 9.13. The van der Waals surface area contributed by atoms with Crippen molar-refractivity contribution in [3.05, 3.63) is 53.3 Å². The number of aromatic nitrogens is 2. The van der Waals surface area contributed by atoms with Crippen LogP contribution in [-0.4, -0.2) is 48.9 Å². The molecule has 1 N–H and O–H groups in total. The molecule has 0 radical (unpaired) electrons. The van der Waals surface area contributed by atoms with E-state index >= 15 is 0 Å². The number of anilines is 1. The van der Waals surface area contributed by atoms with Crippen LogP contribution in [0.2, 0.25) is 0 Å². The Bertz CT molecular complexity index is 1100. The van der Waals surface area contributed by atoms with Crippen molar-refractivity contribution in [2.75, 3.05) is 31.1 Å². The van der Waals surface area contributed by atoms with Crippen molar-refractivity contribution >= 4 is 26.7 Å². The number of rotatable bonds is 3. The first-order chi connectivity index (χ1) is 12.8. The summed E-state index contributed by atoms with van der Waals surface area (Å²) < 4.78 is 27.8. The maximum atomic E-state index is 13.1. The number of sulfonamides is 1. The van der Waals surface area contributed by atoms with Crippen LogP contribution in [-0.2, 0) is 10.0 Å². The summed E-state index contributed by atoms with van der Waals surface area (Å²) in [4.78, 5) is 10.3. The zero-order valence-electron chi connectivity index (χ0n) is 15.9. The lowest BCUT2D eigenvalue weighted by Gasteiger charge is -2.35. The zero-order chi connectivity index (χ0) is 19.2. The molecule has 0 saturated carbocycles. The molecule has 1 saturated heterocycles. The third kappa shape index (κ3) is 3.33. The van der Waals surface area contributed by atoms with E-state index in [-0.39, 0.29) is 0 Å². The van der Waals surface area contributed by atoms with Crippen LogP contribution in [0.15, 0.2) is 41.3 Å². The first kappa shape index (κ1) is 18.0. The number of piperazine rings is 1. The number of fused-ring (bicyclic) bond motifs is 1. The Balaban J connectivity index is 1.53. The second-order valence-corrected chi connectivity index (χ2v) is 9.09. The van der Waals surface area contributed by atoms with E-state index in [4.69, 9.17) is 0 Å². The predicted octanol–water partition coefficient (Wildman–Crippen LogP) is 3.00. The van der Waals surface area contributed by atoms with Gasteiger partial charge in [-0.05, 0) is 56.2 Å². The third-order valence-electron chi connectivity index (χ3n) is 5.15. The van der Waals surface area contributed by atoms with Crippen LogP contribution in [0.4, 0.5) is 5.69 Å². The van der Waals surface area contributed by atoms with Gasteiger partial charge in [-0.25, -0.2) is 13.4 Å². The third-order valence-corrected chi connectivity index (χ3v) is 7.19. The molecule has 3 aromatic rings. The van der Waals surface area contributed by atoms with Gasteiger partial charge in [0.05, 0.1) is 15.9 Å². The van der Waals surface area contributed by atoms with Crippen LogP contribution in [0.1, 0.15) is 17.0 Å². The number of benzene rings is 2. The van der Waals surface area contributed by atoms with Gasteiger partial charge in [0.1, 0.15) is 5.82 Å². The summed E-state index contributed by atoms with van der Waals surface area (Å²) >= 11 is 0. The quantitative estimate of drug-likeness (QED) is 0.754. The average Bonchev–Trinajstić information content (AvgIpc) is 3.03. The van der Waals surface area contributed by atoms with Crippen LogP contribution in [0.5, 0.6) is 0 Å². The molecule has 1 aromatic heterocycles. The van der Waals surface area contributed by atoms with E-state index in [9.17, 15) is 8.42 Å². The average molecular weight is 385 g/mol. The largest absolute Gasteiger partial charge is 0.369 e. The standard InChI is InChI=1S/C20H24N4O2S/c1-14-4-5-15(2)20(12-14)27(25,26)24-10-8-23(9-11-24)17-6-7-18-19(13-17)22-16(3)21-18/h4-7,12-13H,8-11H2,1-3H3,(H,21,22). The van der Waals surface area contributed by atoms with Gasteiger partial charge in [0.2, 0.25) is 10.0 Å². The number of nitrogens with one attached hydrogen (secondary N) is 1. The van der Waals surface area contributed by atoms with Gasteiger partial charge in [-0.1, -0.05) is 12.1 Å². The van der Waals surface area contributed by atoms with Gasteiger partial charge in [-0.2, -0.15) is 4.31 Å². The van der Waals surface area contributed by atoms with E-state index < -0.39 is 10.0 Å². The SMILES string of the molecule is Cc1ccc(C)c(S(=O)(=O)N2CCN(c3ccc4nc(C)[nH]c4c3)CC2)c1. The Labute approximate surface area is 159 Å². The first-order valence-corrected chi connectivity index (χ1v) is 10.6. The van der Waals surface area contributed by atoms with Crippen LogP contribution >= 0.6 is 0 Å². The normalized spacial score (nSPS) is 16.2. The molecule has 0 amide bonds. The van der Waals surface area contributed by atoms with E-state index in [2.05, 4.69) is 27.0 Å². The van der Waals surface area contributed by atoms with Crippen molar-refractivity contribution in [1.82, 2.24) is 14.3 Å². The van der Waals surface area contributed by atoms with Crippen molar-refractivity contribution in [2.24, 2.45) is 0 Å². The molecular formula is C20H24N4O2S. The highest BCUT2D eigenvalue weighted by Gasteiger charge is 2.29. The molecule has 0 aliphatic carbocycles. The second-order valence-electron chi connectivity index (χ2n) is 7.18. The lowest BCUT2D eigenvalue weighted by molar-refractivity contribution is 0.384. The van der Waals surface area contributed by atoms with Gasteiger partial charge in [-0.3, -0.25) is 0 Å². The second kappa shape index (κ2) is 6.65. The highest BCUT2D eigenvalue weighted by molar-refractivity contribution is 7.89. The number of nitrogens with zero attached hydrogens (tertiary/aromatic N) is 3. The van der Waals surface area contributed by atoms with Crippen LogP contribution in [0.25, 0.3) is 11.0 Å². The summed E-state index contributed by atoms with van der Waals surface area (Å²) in [6, 6.07) is 11.7. The van der Waals surface area contributed by atoms with Gasteiger partial charge in [0, 0.05) is 31.9 Å². The van der Waals surface area contributed by atoms with Crippen molar-refractivity contribution in [3.8, 4) is 0 Å². The number of hydrogen-bond acceptors (Lipinski definition) is 4. The number of hydrogen-bond donors (Lipinski definition) is 1. The Morgan fingerprint density at radius 3 is 2.44 bits per heavy atom. The maximum Gasteiger partial charge on any atom is 0.243 e. The predicted molar refractivity (Wildman–Crippen MR) is 108 cm³/mol. The summed E-state index contributed by atoms with van der Waals surface area (Å²) in [7, 11) is -3.46. The molecule has 2 aromatic carbocycles. The fourth-order valence-electron chi connectivity index (χ4n) is 3.63. The van der Waals surface area contributed by atoms with E-state index in [1.807, 2.05) is 39.0 Å². The van der Waals surface area contributed by atoms with Gasteiger partial charge in [-0.15, -0.1) is 0 Å². The Hall–Kier alpha value is -2.38. The van der Waals surface area contributed by atoms with Gasteiger partial charge >= 0.3 is 0 Å². The van der Waals surface area contributed by atoms with Crippen LogP contribution in [0, 0.1) is 20.8 Å². The van der Waals surface area contributed by atoms with E-state index in [0.717, 1.165) is 33.7 Å². The van der Waals surface area contributed by atoms with Crippen molar-refractivity contribution < 1.29 is 8.42 Å². The maximum absolute atomic E-state index is 13.1. The molecule has 1 aliphatic heterocycles. The fourth-order valence-corrected chi connectivity index (χ4v) is 5.36. The molecule has 0 atom stereocenters. The van der Waals surface area contributed by atoms with Crippen molar-refractivity contribution in [2.45, 2.75) is 25.7 Å². The topological polar surface area (TPSA) is 69.3 Å². The lowest BCUT2D eigenvalue weighted by atomic mass is 10.2. The molecule has 27 heavy (non-hydrogen) atoms. The lowest BCUT2D eigenvalue weighted by Crippen LogP contribution is -2.48. The van der Waals surface area contributed by atoms with Crippen molar-refractivity contribution in [1.29, 1.82) is 0 Å². The van der Waals surface area contributed by atoms with Crippen LogP contribution in [0.3, 0.4) is 0 Å². The zero-order valence-corrected chi connectivity index (χ0v) is 16.7. The number of aryl methyl sites for hydroxylation is 3. The van der Waals surface area contributed by atoms with E-state index in [1.54, 1.807) is 10.4 Å². The molecule has 0 unspecified atom stereocenters. The highest BCUT2D eigenvalue weighted by atomic mass is 32.2. The van der Waals surface area contributed by atoms with Gasteiger partial charge in [0.25, 0.3) is 0 Å². The molecule has 2 heterocycles. The summed E-state index contributed by atoms with van der Waals surface area (Å²) in [6.45, 7) is 8.02. The van der Waals surface area contributed by atoms with Crippen molar-refractivity contribution in [3.63, 3.8) is 0 Å². The molecule has 0 bridgehead atoms. The summed E-state index contributed by atoms with van der Waals surface area (Å²) in [5.41, 5.74) is 4.81. The van der Waals surface area contributed by atoms with Gasteiger partial charge < -0.3 is 9.88 Å². The molecular weight excluding hydrogens is 360 g/mol. The highest BCUT2D eigenvalue weighted by Crippen LogP contribution is 2.25. The minimum atomic E-state index is -3.46. The molecule has 4 rings (SSSR count). The Kier molecular flexibility index (Phi) is 4.44. The molecule has 7 heteroatoms. The molecule has 0 spiro atoms. The molecule has 1 fully saturated rings. The molecule has 142 valence electrons. The fraction of sp³-hybridized carbons (Fsp3) is 0.350. The monoisotopic (exact) mass is 384 g/mol. The van der Waals surface area contributed by atoms with E-state index in [0.29, 0.717) is 31.1 Å². The molecule has 6 nitrogen and oxygen atoms in total. The minimum absolute atomic E-state index is 0.422.